The van der Waals surface area contributed by atoms with Crippen LogP contribution in [0.3, 0.4) is 0 Å². The Hall–Kier alpha value is -3.96. The van der Waals surface area contributed by atoms with Gasteiger partial charge in [0, 0.05) is 41.0 Å². The molecule has 3 heterocycles. The summed E-state index contributed by atoms with van der Waals surface area (Å²) in [6.45, 7) is 1.80. The van der Waals surface area contributed by atoms with Gasteiger partial charge in [0.1, 0.15) is 11.5 Å². The van der Waals surface area contributed by atoms with Crippen LogP contribution in [0.25, 0.3) is 5.82 Å². The number of thiophene rings is 1. The second-order valence-electron chi connectivity index (χ2n) is 8.11. The zero-order valence-electron chi connectivity index (χ0n) is 17.9. The van der Waals surface area contributed by atoms with Gasteiger partial charge < -0.3 is 4.57 Å². The fourth-order valence-corrected chi connectivity index (χ4v) is 5.58. The predicted molar refractivity (Wildman–Crippen MR) is 127 cm³/mol. The molecule has 33 heavy (non-hydrogen) atoms. The first-order valence-electron chi connectivity index (χ1n) is 10.6. The quantitative estimate of drug-likeness (QED) is 0.367. The van der Waals surface area contributed by atoms with Gasteiger partial charge in [0.25, 0.3) is 5.69 Å². The van der Waals surface area contributed by atoms with E-state index in [0.717, 1.165) is 16.1 Å². The molecule has 0 saturated carbocycles. The van der Waals surface area contributed by atoms with E-state index in [1.54, 1.807) is 17.9 Å². The summed E-state index contributed by atoms with van der Waals surface area (Å²) < 4.78 is 1.81. The Morgan fingerprint density at radius 2 is 1.97 bits per heavy atom. The standard InChI is InChI=1S/C25H20N4O3S/c1-16-9-10-18(20(14-16)29(31)32)28-19-6-4-7-21(30)24(19)23(22-8-5-13-33-22)17(15-26)25(28)27-11-2-3-12-27/h2-3,5,8-14,23H,4,6-7H2,1H3. The predicted octanol–water partition coefficient (Wildman–Crippen LogP) is 5.77. The molecule has 1 unspecified atom stereocenters. The molecule has 1 atom stereocenters. The van der Waals surface area contributed by atoms with Crippen LogP contribution in [-0.2, 0) is 4.79 Å². The molecular weight excluding hydrogens is 436 g/mol. The molecule has 5 rings (SSSR count). The summed E-state index contributed by atoms with van der Waals surface area (Å²) in [5.41, 5.74) is 2.77. The minimum atomic E-state index is -0.490. The largest absolute Gasteiger partial charge is 0.309 e. The molecule has 0 bridgehead atoms. The molecule has 8 heteroatoms. The molecule has 0 saturated heterocycles. The number of benzene rings is 1. The number of aryl methyl sites for hydroxylation is 1. The number of aromatic nitrogens is 1. The van der Waals surface area contributed by atoms with Crippen LogP contribution in [0.4, 0.5) is 11.4 Å². The molecule has 0 N–H and O–H groups in total. The minimum Gasteiger partial charge on any atom is -0.309 e. The molecule has 1 aliphatic heterocycles. The lowest BCUT2D eigenvalue weighted by molar-refractivity contribution is -0.384. The topological polar surface area (TPSA) is 92.2 Å². The summed E-state index contributed by atoms with van der Waals surface area (Å²) >= 11 is 1.50. The Morgan fingerprint density at radius 3 is 2.64 bits per heavy atom. The summed E-state index contributed by atoms with van der Waals surface area (Å²) in [5.74, 6) is 0.0333. The van der Waals surface area contributed by atoms with Gasteiger partial charge in [-0.3, -0.25) is 19.8 Å². The van der Waals surface area contributed by atoms with Gasteiger partial charge in [-0.1, -0.05) is 12.1 Å². The maximum absolute atomic E-state index is 13.3. The van der Waals surface area contributed by atoms with Gasteiger partial charge in [-0.15, -0.1) is 11.3 Å². The molecule has 0 radical (unpaired) electrons. The second-order valence-corrected chi connectivity index (χ2v) is 9.09. The van der Waals surface area contributed by atoms with Crippen LogP contribution in [0.2, 0.25) is 0 Å². The number of Topliss-reactive ketones (excluding diaryl/α,β-unsaturated/α-hetero) is 1. The van der Waals surface area contributed by atoms with E-state index in [0.29, 0.717) is 41.9 Å². The van der Waals surface area contributed by atoms with Crippen LogP contribution in [0.15, 0.2) is 77.1 Å². The highest BCUT2D eigenvalue weighted by Gasteiger charge is 2.43. The van der Waals surface area contributed by atoms with E-state index in [-0.39, 0.29) is 11.5 Å². The van der Waals surface area contributed by atoms with Gasteiger partial charge >= 0.3 is 0 Å². The number of nitrogens with zero attached hydrogens (tertiary/aromatic N) is 4. The second kappa shape index (κ2) is 8.19. The molecule has 164 valence electrons. The Balaban J connectivity index is 1.88. The van der Waals surface area contributed by atoms with E-state index in [1.165, 1.54) is 17.4 Å². The number of carbonyl (C=O) groups excluding carboxylic acids is 1. The number of anilines is 1. The third-order valence-corrected chi connectivity index (χ3v) is 7.03. The monoisotopic (exact) mass is 456 g/mol. The van der Waals surface area contributed by atoms with Crippen molar-refractivity contribution in [2.45, 2.75) is 32.1 Å². The van der Waals surface area contributed by atoms with E-state index >= 15 is 0 Å². The number of allylic oxidation sites excluding steroid dienone is 3. The fraction of sp³-hybridized carbons (Fsp3) is 0.200. The summed E-state index contributed by atoms with van der Waals surface area (Å²) in [6, 6.07) is 15.0. The number of rotatable bonds is 4. The number of ketones is 1. The molecule has 1 aliphatic carbocycles. The Bertz CT molecular complexity index is 1360. The van der Waals surface area contributed by atoms with E-state index < -0.39 is 10.8 Å². The average Bonchev–Trinajstić information content (AvgIpc) is 3.52. The molecule has 0 amide bonds. The van der Waals surface area contributed by atoms with E-state index in [2.05, 4.69) is 6.07 Å². The highest BCUT2D eigenvalue weighted by molar-refractivity contribution is 7.10. The van der Waals surface area contributed by atoms with Crippen molar-refractivity contribution in [3.63, 3.8) is 0 Å². The van der Waals surface area contributed by atoms with E-state index in [1.807, 2.05) is 52.7 Å². The van der Waals surface area contributed by atoms with Gasteiger partial charge in [-0.2, -0.15) is 5.26 Å². The fourth-order valence-electron chi connectivity index (χ4n) is 4.74. The first-order valence-corrected chi connectivity index (χ1v) is 11.5. The normalized spacial score (nSPS) is 18.4. The van der Waals surface area contributed by atoms with Crippen LogP contribution in [0.1, 0.15) is 35.6 Å². The molecule has 3 aromatic rings. The molecule has 0 spiro atoms. The van der Waals surface area contributed by atoms with Crippen molar-refractivity contribution in [2.75, 3.05) is 4.90 Å². The summed E-state index contributed by atoms with van der Waals surface area (Å²) in [7, 11) is 0. The average molecular weight is 457 g/mol. The van der Waals surface area contributed by atoms with Crippen molar-refractivity contribution in [1.29, 1.82) is 5.26 Å². The van der Waals surface area contributed by atoms with Crippen LogP contribution in [0.5, 0.6) is 0 Å². The van der Waals surface area contributed by atoms with Gasteiger partial charge in [-0.05, 0) is 55.0 Å². The SMILES string of the molecule is Cc1ccc(N2C3=C(C(=O)CCC3)C(c3cccs3)C(C#N)=C2n2cccc2)c([N+](=O)[O-])c1. The van der Waals surface area contributed by atoms with Gasteiger partial charge in [0.05, 0.1) is 22.5 Å². The van der Waals surface area contributed by atoms with Gasteiger partial charge in [0.15, 0.2) is 5.78 Å². The lowest BCUT2D eigenvalue weighted by atomic mass is 9.78. The molecule has 2 aliphatic rings. The minimum absolute atomic E-state index is 0.00581. The van der Waals surface area contributed by atoms with Crippen LogP contribution >= 0.6 is 11.3 Å². The Morgan fingerprint density at radius 1 is 1.18 bits per heavy atom. The maximum atomic E-state index is 13.3. The van der Waals surface area contributed by atoms with Crippen molar-refractivity contribution in [2.24, 2.45) is 0 Å². The van der Waals surface area contributed by atoms with Crippen molar-refractivity contribution < 1.29 is 9.72 Å². The van der Waals surface area contributed by atoms with Crippen LogP contribution in [-0.4, -0.2) is 15.3 Å². The van der Waals surface area contributed by atoms with Gasteiger partial charge in [0.2, 0.25) is 0 Å². The van der Waals surface area contributed by atoms with Gasteiger partial charge in [-0.25, -0.2) is 0 Å². The zero-order valence-corrected chi connectivity index (χ0v) is 18.7. The Kier molecular flexibility index (Phi) is 5.19. The van der Waals surface area contributed by atoms with Crippen molar-refractivity contribution in [3.05, 3.63) is 97.6 Å². The lowest BCUT2D eigenvalue weighted by Crippen LogP contribution is -2.36. The van der Waals surface area contributed by atoms with Crippen molar-refractivity contribution in [1.82, 2.24) is 4.57 Å². The lowest BCUT2D eigenvalue weighted by Gasteiger charge is -2.40. The number of nitro groups is 1. The molecule has 1 aromatic carbocycles. The molecule has 0 fully saturated rings. The number of hydrogen-bond donors (Lipinski definition) is 0. The smallest absolute Gasteiger partial charge is 0.293 e. The molecular formula is C25H20N4O3S. The van der Waals surface area contributed by atoms with Crippen LogP contribution in [0, 0.1) is 28.4 Å². The zero-order chi connectivity index (χ0) is 23.1. The summed E-state index contributed by atoms with van der Waals surface area (Å²) in [4.78, 5) is 27.6. The molecule has 2 aromatic heterocycles. The number of nitriles is 1. The highest BCUT2D eigenvalue weighted by Crippen LogP contribution is 2.50. The molecule has 7 nitrogen and oxygen atoms in total. The first kappa shape index (κ1) is 20.9. The van der Waals surface area contributed by atoms with E-state index in [4.69, 9.17) is 0 Å². The number of nitro benzene ring substituents is 1. The highest BCUT2D eigenvalue weighted by atomic mass is 32.1. The van der Waals surface area contributed by atoms with Crippen LogP contribution < -0.4 is 4.90 Å². The Labute approximate surface area is 194 Å². The van der Waals surface area contributed by atoms with Crippen molar-refractivity contribution in [3.8, 4) is 6.07 Å². The number of carbonyl (C=O) groups is 1. The first-order chi connectivity index (χ1) is 16.0. The number of hydrogen-bond acceptors (Lipinski definition) is 6. The third-order valence-electron chi connectivity index (χ3n) is 6.09. The maximum Gasteiger partial charge on any atom is 0.293 e. The third kappa shape index (κ3) is 3.38. The summed E-state index contributed by atoms with van der Waals surface area (Å²) in [5, 5.41) is 24.4. The summed E-state index contributed by atoms with van der Waals surface area (Å²) in [6.07, 6.45) is 5.30. The van der Waals surface area contributed by atoms with Crippen molar-refractivity contribution >= 4 is 34.3 Å². The van der Waals surface area contributed by atoms with E-state index in [9.17, 15) is 20.2 Å².